The van der Waals surface area contributed by atoms with Gasteiger partial charge in [0.2, 0.25) is 0 Å². The molecule has 1 unspecified atom stereocenters. The number of nitrogens with one attached hydrogen (secondary N) is 2. The molecule has 0 aliphatic carbocycles. The minimum absolute atomic E-state index is 0.217. The lowest BCUT2D eigenvalue weighted by atomic mass is 10.0. The van der Waals surface area contributed by atoms with Gasteiger partial charge in [0.1, 0.15) is 6.04 Å². The number of rotatable bonds is 8. The molecule has 0 spiro atoms. The van der Waals surface area contributed by atoms with Crippen LogP contribution in [0.25, 0.3) is 0 Å². The molecule has 2 aromatic carbocycles. The SMILES string of the molecule is Cc1ccc(C(=O)N[C@H](C(=O)OC(C)C(=O)NCc2ccccc2Cl)C(C)C)cc1. The lowest BCUT2D eigenvalue weighted by Crippen LogP contribution is -2.47. The fourth-order valence-corrected chi connectivity index (χ4v) is 2.90. The van der Waals surface area contributed by atoms with Crippen molar-refractivity contribution in [3.63, 3.8) is 0 Å². The van der Waals surface area contributed by atoms with Crippen LogP contribution in [0.3, 0.4) is 0 Å². The third-order valence-electron chi connectivity index (χ3n) is 4.59. The highest BCUT2D eigenvalue weighted by Crippen LogP contribution is 2.14. The molecule has 0 saturated carbocycles. The standard InChI is InChI=1S/C23H27ClN2O4/c1-14(2)20(26-22(28)17-11-9-15(3)10-12-17)23(29)30-16(4)21(27)25-13-18-7-5-6-8-19(18)24/h5-12,14,16,20H,13H2,1-4H3,(H,25,27)(H,26,28)/t16?,20-/m0/s1. The van der Waals surface area contributed by atoms with E-state index in [-0.39, 0.29) is 18.4 Å². The number of amides is 2. The number of aryl methyl sites for hydroxylation is 1. The monoisotopic (exact) mass is 430 g/mol. The zero-order valence-corrected chi connectivity index (χ0v) is 18.3. The summed E-state index contributed by atoms with van der Waals surface area (Å²) < 4.78 is 5.31. The molecule has 0 aromatic heterocycles. The molecule has 0 bridgehead atoms. The normalized spacial score (nSPS) is 12.7. The van der Waals surface area contributed by atoms with E-state index in [2.05, 4.69) is 10.6 Å². The molecule has 6 nitrogen and oxygen atoms in total. The van der Waals surface area contributed by atoms with Crippen molar-refractivity contribution in [2.24, 2.45) is 5.92 Å². The number of ether oxygens (including phenoxy) is 1. The molecule has 0 aliphatic heterocycles. The molecular weight excluding hydrogens is 404 g/mol. The Morgan fingerprint density at radius 1 is 1.00 bits per heavy atom. The van der Waals surface area contributed by atoms with Gasteiger partial charge in [0.15, 0.2) is 6.10 Å². The summed E-state index contributed by atoms with van der Waals surface area (Å²) in [6.07, 6.45) is -1.02. The van der Waals surface area contributed by atoms with Crippen LogP contribution in [0.5, 0.6) is 0 Å². The first kappa shape index (κ1) is 23.4. The summed E-state index contributed by atoms with van der Waals surface area (Å²) >= 11 is 6.08. The maximum Gasteiger partial charge on any atom is 0.329 e. The van der Waals surface area contributed by atoms with Gasteiger partial charge in [0.05, 0.1) is 0 Å². The number of carbonyl (C=O) groups is 3. The highest BCUT2D eigenvalue weighted by atomic mass is 35.5. The molecule has 7 heteroatoms. The van der Waals surface area contributed by atoms with Gasteiger partial charge in [-0.05, 0) is 43.5 Å². The van der Waals surface area contributed by atoms with Crippen molar-refractivity contribution >= 4 is 29.4 Å². The quantitative estimate of drug-likeness (QED) is 0.626. The number of hydrogen-bond acceptors (Lipinski definition) is 4. The molecule has 0 saturated heterocycles. The fraction of sp³-hybridized carbons (Fsp3) is 0.348. The first-order valence-corrected chi connectivity index (χ1v) is 10.2. The van der Waals surface area contributed by atoms with Crippen LogP contribution in [0.2, 0.25) is 5.02 Å². The molecule has 0 radical (unpaired) electrons. The van der Waals surface area contributed by atoms with Crippen LogP contribution < -0.4 is 10.6 Å². The van der Waals surface area contributed by atoms with E-state index >= 15 is 0 Å². The van der Waals surface area contributed by atoms with Gasteiger partial charge in [-0.25, -0.2) is 4.79 Å². The minimum Gasteiger partial charge on any atom is -0.451 e. The van der Waals surface area contributed by atoms with E-state index in [9.17, 15) is 14.4 Å². The molecule has 2 atom stereocenters. The van der Waals surface area contributed by atoms with Gasteiger partial charge in [-0.3, -0.25) is 9.59 Å². The van der Waals surface area contributed by atoms with E-state index < -0.39 is 24.0 Å². The van der Waals surface area contributed by atoms with Crippen molar-refractivity contribution in [2.75, 3.05) is 0 Å². The molecule has 160 valence electrons. The highest BCUT2D eigenvalue weighted by Gasteiger charge is 2.29. The first-order chi connectivity index (χ1) is 14.2. The van der Waals surface area contributed by atoms with Gasteiger partial charge in [-0.2, -0.15) is 0 Å². The zero-order chi connectivity index (χ0) is 22.3. The fourth-order valence-electron chi connectivity index (χ4n) is 2.70. The number of halogens is 1. The van der Waals surface area contributed by atoms with Crippen molar-refractivity contribution in [3.05, 3.63) is 70.2 Å². The van der Waals surface area contributed by atoms with Crippen LogP contribution in [0.15, 0.2) is 48.5 Å². The van der Waals surface area contributed by atoms with Gasteiger partial charge < -0.3 is 15.4 Å². The van der Waals surface area contributed by atoms with Crippen molar-refractivity contribution in [2.45, 2.75) is 46.4 Å². The maximum atomic E-state index is 12.6. The zero-order valence-electron chi connectivity index (χ0n) is 17.6. The van der Waals surface area contributed by atoms with Crippen LogP contribution >= 0.6 is 11.6 Å². The third-order valence-corrected chi connectivity index (χ3v) is 4.96. The number of benzene rings is 2. The van der Waals surface area contributed by atoms with Crippen LogP contribution in [0.4, 0.5) is 0 Å². The summed E-state index contributed by atoms with van der Waals surface area (Å²) in [4.78, 5) is 37.4. The topological polar surface area (TPSA) is 84.5 Å². The van der Waals surface area contributed by atoms with E-state index in [0.29, 0.717) is 10.6 Å². The van der Waals surface area contributed by atoms with Gasteiger partial charge in [-0.1, -0.05) is 61.3 Å². The van der Waals surface area contributed by atoms with Gasteiger partial charge in [-0.15, -0.1) is 0 Å². The molecule has 2 N–H and O–H groups in total. The van der Waals surface area contributed by atoms with E-state index in [4.69, 9.17) is 16.3 Å². The Balaban J connectivity index is 1.94. The average Bonchev–Trinajstić information content (AvgIpc) is 2.71. The van der Waals surface area contributed by atoms with E-state index in [1.807, 2.05) is 25.1 Å². The lowest BCUT2D eigenvalue weighted by Gasteiger charge is -2.23. The summed E-state index contributed by atoms with van der Waals surface area (Å²) in [5.74, 6) is -1.70. The second-order valence-corrected chi connectivity index (χ2v) is 7.86. The molecule has 30 heavy (non-hydrogen) atoms. The minimum atomic E-state index is -1.02. The van der Waals surface area contributed by atoms with Crippen molar-refractivity contribution in [1.82, 2.24) is 10.6 Å². The summed E-state index contributed by atoms with van der Waals surface area (Å²) in [6.45, 7) is 7.22. The third kappa shape index (κ3) is 6.59. The number of carbonyl (C=O) groups excluding carboxylic acids is 3. The highest BCUT2D eigenvalue weighted by molar-refractivity contribution is 6.31. The predicted octanol–water partition coefficient (Wildman–Crippen LogP) is 3.65. The van der Waals surface area contributed by atoms with Gasteiger partial charge in [0.25, 0.3) is 11.8 Å². The van der Waals surface area contributed by atoms with Crippen molar-refractivity contribution < 1.29 is 19.1 Å². The average molecular weight is 431 g/mol. The van der Waals surface area contributed by atoms with E-state index in [1.165, 1.54) is 6.92 Å². The van der Waals surface area contributed by atoms with Crippen molar-refractivity contribution in [1.29, 1.82) is 0 Å². The van der Waals surface area contributed by atoms with Crippen LogP contribution in [-0.4, -0.2) is 29.9 Å². The lowest BCUT2D eigenvalue weighted by molar-refractivity contribution is -0.157. The van der Waals surface area contributed by atoms with Crippen LogP contribution in [0, 0.1) is 12.8 Å². The Bertz CT molecular complexity index is 896. The Hall–Kier alpha value is -2.86. The second-order valence-electron chi connectivity index (χ2n) is 7.45. The summed E-state index contributed by atoms with van der Waals surface area (Å²) in [5.41, 5.74) is 2.24. The van der Waals surface area contributed by atoms with E-state index in [1.54, 1.807) is 44.2 Å². The Kier molecular flexibility index (Phi) is 8.42. The van der Waals surface area contributed by atoms with Crippen LogP contribution in [-0.2, 0) is 20.9 Å². The largest absolute Gasteiger partial charge is 0.451 e. The van der Waals surface area contributed by atoms with Crippen molar-refractivity contribution in [3.8, 4) is 0 Å². The maximum absolute atomic E-state index is 12.6. The Morgan fingerprint density at radius 2 is 1.63 bits per heavy atom. The molecule has 2 amide bonds. The van der Waals surface area contributed by atoms with Gasteiger partial charge in [0, 0.05) is 17.1 Å². The molecule has 2 aromatic rings. The smallest absolute Gasteiger partial charge is 0.329 e. The summed E-state index contributed by atoms with van der Waals surface area (Å²) in [5, 5.41) is 5.94. The second kappa shape index (κ2) is 10.8. The van der Waals surface area contributed by atoms with Gasteiger partial charge >= 0.3 is 5.97 Å². The number of hydrogen-bond donors (Lipinski definition) is 2. The summed E-state index contributed by atoms with van der Waals surface area (Å²) in [7, 11) is 0. The predicted molar refractivity (Wildman–Crippen MR) is 116 cm³/mol. The van der Waals surface area contributed by atoms with Crippen LogP contribution in [0.1, 0.15) is 42.3 Å². The van der Waals surface area contributed by atoms with E-state index in [0.717, 1.165) is 11.1 Å². The molecule has 0 heterocycles. The molecule has 2 rings (SSSR count). The first-order valence-electron chi connectivity index (χ1n) is 9.78. The molecular formula is C23H27ClN2O4. The molecule has 0 fully saturated rings. The molecule has 0 aliphatic rings. The Morgan fingerprint density at radius 3 is 2.23 bits per heavy atom. The summed E-state index contributed by atoms with van der Waals surface area (Å²) in [6, 6.07) is 13.3. The number of esters is 1. The Labute approximate surface area is 182 Å².